The normalized spacial score (nSPS) is 17.9. The molecule has 0 aromatic carbocycles. The largest absolute Gasteiger partial charge is 0.480 e. The molecular weight excluding hydrogens is 260 g/mol. The number of rotatable bonds is 8. The maximum absolute atomic E-state index is 12.3. The second-order valence-corrected chi connectivity index (χ2v) is 5.51. The smallest absolute Gasteiger partial charge is 0.326 e. The van der Waals surface area contributed by atoms with E-state index in [4.69, 9.17) is 5.11 Å². The fourth-order valence-electron chi connectivity index (χ4n) is 2.29. The van der Waals surface area contributed by atoms with Crippen LogP contribution >= 0.6 is 0 Å². The minimum Gasteiger partial charge on any atom is -0.480 e. The van der Waals surface area contributed by atoms with Gasteiger partial charge in [0.25, 0.3) is 0 Å². The quantitative estimate of drug-likeness (QED) is 0.629. The molecule has 2 atom stereocenters. The van der Waals surface area contributed by atoms with Crippen LogP contribution in [0.2, 0.25) is 0 Å². The number of aliphatic hydroxyl groups is 1. The summed E-state index contributed by atoms with van der Waals surface area (Å²) < 4.78 is 0. The Kier molecular flexibility index (Phi) is 6.78. The summed E-state index contributed by atoms with van der Waals surface area (Å²) in [5.74, 6) is -1.11. The molecule has 2 unspecified atom stereocenters. The number of aliphatic hydroxyl groups excluding tert-OH is 1. The molecule has 20 heavy (non-hydrogen) atoms. The van der Waals surface area contributed by atoms with Crippen LogP contribution in [-0.2, 0) is 4.79 Å². The molecule has 0 spiro atoms. The first-order valence-electron chi connectivity index (χ1n) is 7.42. The molecule has 6 heteroatoms. The number of carbonyl (C=O) groups excluding carboxylic acids is 1. The number of carboxylic acids is 1. The van der Waals surface area contributed by atoms with E-state index in [0.717, 1.165) is 19.3 Å². The highest BCUT2D eigenvalue weighted by Gasteiger charge is 2.32. The fourth-order valence-corrected chi connectivity index (χ4v) is 2.29. The van der Waals surface area contributed by atoms with Gasteiger partial charge in [-0.05, 0) is 31.6 Å². The topological polar surface area (TPSA) is 89.9 Å². The van der Waals surface area contributed by atoms with Gasteiger partial charge in [0.1, 0.15) is 6.04 Å². The van der Waals surface area contributed by atoms with Gasteiger partial charge in [0.15, 0.2) is 0 Å². The molecule has 6 nitrogen and oxygen atoms in total. The summed E-state index contributed by atoms with van der Waals surface area (Å²) >= 11 is 0. The highest BCUT2D eigenvalue weighted by Crippen LogP contribution is 2.25. The van der Waals surface area contributed by atoms with Crippen LogP contribution < -0.4 is 5.32 Å². The lowest BCUT2D eigenvalue weighted by Gasteiger charge is -2.38. The lowest BCUT2D eigenvalue weighted by molar-refractivity contribution is -0.140. The van der Waals surface area contributed by atoms with Crippen LogP contribution in [-0.4, -0.2) is 52.3 Å². The van der Waals surface area contributed by atoms with Gasteiger partial charge in [-0.25, -0.2) is 9.59 Å². The van der Waals surface area contributed by atoms with E-state index < -0.39 is 12.0 Å². The number of hydrogen-bond acceptors (Lipinski definition) is 3. The van der Waals surface area contributed by atoms with Gasteiger partial charge in [0.2, 0.25) is 0 Å². The van der Waals surface area contributed by atoms with E-state index in [1.54, 1.807) is 4.90 Å². The van der Waals surface area contributed by atoms with Gasteiger partial charge in [0, 0.05) is 19.2 Å². The van der Waals surface area contributed by atoms with Crippen LogP contribution in [0.25, 0.3) is 0 Å². The molecule has 1 rings (SSSR count). The number of urea groups is 1. The third-order valence-electron chi connectivity index (χ3n) is 4.09. The highest BCUT2D eigenvalue weighted by atomic mass is 16.4. The zero-order valence-corrected chi connectivity index (χ0v) is 12.3. The predicted octanol–water partition coefficient (Wildman–Crippen LogP) is 1.43. The molecule has 1 aliphatic carbocycles. The molecule has 116 valence electrons. The van der Waals surface area contributed by atoms with E-state index >= 15 is 0 Å². The standard InChI is InChI=1S/C14H26N2O4/c1-3-10(2)12(13(18)19)15-14(20)16(8-5-9-17)11-6-4-7-11/h10-12,17H,3-9H2,1-2H3,(H,15,20)(H,18,19). The van der Waals surface area contributed by atoms with Crippen LogP contribution in [0.4, 0.5) is 4.79 Å². The van der Waals surface area contributed by atoms with Gasteiger partial charge in [-0.2, -0.15) is 0 Å². The summed E-state index contributed by atoms with van der Waals surface area (Å²) in [6.07, 6.45) is 4.23. The van der Waals surface area contributed by atoms with E-state index in [2.05, 4.69) is 5.32 Å². The van der Waals surface area contributed by atoms with Crippen molar-refractivity contribution in [2.45, 2.75) is 58.0 Å². The number of carbonyl (C=O) groups is 2. The second kappa shape index (κ2) is 8.09. The molecule has 0 heterocycles. The summed E-state index contributed by atoms with van der Waals surface area (Å²) in [6.45, 7) is 4.23. The Labute approximate surface area is 120 Å². The van der Waals surface area contributed by atoms with Crippen molar-refractivity contribution in [3.63, 3.8) is 0 Å². The number of nitrogens with zero attached hydrogens (tertiary/aromatic N) is 1. The molecule has 0 saturated heterocycles. The van der Waals surface area contributed by atoms with E-state index in [1.165, 1.54) is 0 Å². The van der Waals surface area contributed by atoms with Crippen molar-refractivity contribution in [1.82, 2.24) is 10.2 Å². The van der Waals surface area contributed by atoms with Crippen molar-refractivity contribution >= 4 is 12.0 Å². The first kappa shape index (κ1) is 16.8. The predicted molar refractivity (Wildman–Crippen MR) is 75.5 cm³/mol. The molecule has 3 N–H and O–H groups in total. The van der Waals surface area contributed by atoms with Crippen molar-refractivity contribution in [2.75, 3.05) is 13.2 Å². The van der Waals surface area contributed by atoms with Crippen LogP contribution in [0.1, 0.15) is 46.0 Å². The number of hydrogen-bond donors (Lipinski definition) is 3. The van der Waals surface area contributed by atoms with Gasteiger partial charge in [-0.3, -0.25) is 0 Å². The summed E-state index contributed by atoms with van der Waals surface area (Å²) in [4.78, 5) is 25.2. The Morgan fingerprint density at radius 3 is 2.45 bits per heavy atom. The monoisotopic (exact) mass is 286 g/mol. The van der Waals surface area contributed by atoms with Crippen LogP contribution in [0.3, 0.4) is 0 Å². The number of nitrogens with one attached hydrogen (secondary N) is 1. The summed E-state index contributed by atoms with van der Waals surface area (Å²) in [5.41, 5.74) is 0. The van der Waals surface area contributed by atoms with Crippen LogP contribution in [0.5, 0.6) is 0 Å². The average molecular weight is 286 g/mol. The van der Waals surface area contributed by atoms with E-state index in [9.17, 15) is 14.7 Å². The van der Waals surface area contributed by atoms with Gasteiger partial charge < -0.3 is 20.4 Å². The first-order chi connectivity index (χ1) is 9.51. The molecule has 1 aliphatic rings. The maximum Gasteiger partial charge on any atom is 0.326 e. The SMILES string of the molecule is CCC(C)C(NC(=O)N(CCCO)C1CCC1)C(=O)O. The number of amides is 2. The third-order valence-corrected chi connectivity index (χ3v) is 4.09. The molecule has 1 saturated carbocycles. The molecule has 0 aromatic heterocycles. The second-order valence-electron chi connectivity index (χ2n) is 5.51. The number of carboxylic acid groups (broad SMARTS) is 1. The third kappa shape index (κ3) is 4.37. The molecule has 1 fully saturated rings. The Morgan fingerprint density at radius 2 is 2.05 bits per heavy atom. The molecule has 2 amide bonds. The average Bonchev–Trinajstić information content (AvgIpc) is 2.36. The van der Waals surface area contributed by atoms with Crippen molar-refractivity contribution in [1.29, 1.82) is 0 Å². The molecule has 0 bridgehead atoms. The van der Waals surface area contributed by atoms with Gasteiger partial charge in [0.05, 0.1) is 0 Å². The minimum atomic E-state index is -0.997. The van der Waals surface area contributed by atoms with Gasteiger partial charge in [-0.1, -0.05) is 20.3 Å². The van der Waals surface area contributed by atoms with Crippen molar-refractivity contribution < 1.29 is 19.8 Å². The van der Waals surface area contributed by atoms with Gasteiger partial charge >= 0.3 is 12.0 Å². The van der Waals surface area contributed by atoms with E-state index in [1.807, 2.05) is 13.8 Å². The van der Waals surface area contributed by atoms with E-state index in [-0.39, 0.29) is 24.6 Å². The zero-order chi connectivity index (χ0) is 15.1. The summed E-state index contributed by atoms with van der Waals surface area (Å²) in [7, 11) is 0. The van der Waals surface area contributed by atoms with E-state index in [0.29, 0.717) is 19.4 Å². The van der Waals surface area contributed by atoms with Crippen molar-refractivity contribution in [3.05, 3.63) is 0 Å². The Hall–Kier alpha value is -1.30. The zero-order valence-electron chi connectivity index (χ0n) is 12.3. The van der Waals surface area contributed by atoms with Crippen molar-refractivity contribution in [3.8, 4) is 0 Å². The maximum atomic E-state index is 12.3. The Bertz CT molecular complexity index is 331. The van der Waals surface area contributed by atoms with Gasteiger partial charge in [-0.15, -0.1) is 0 Å². The molecule has 0 aromatic rings. The first-order valence-corrected chi connectivity index (χ1v) is 7.42. The minimum absolute atomic E-state index is 0.0320. The lowest BCUT2D eigenvalue weighted by atomic mass is 9.91. The summed E-state index contributed by atoms with van der Waals surface area (Å²) in [6, 6.07) is -0.993. The fraction of sp³-hybridized carbons (Fsp3) is 0.857. The Balaban J connectivity index is 2.64. The number of aliphatic carboxylic acids is 1. The molecule has 0 aliphatic heterocycles. The van der Waals surface area contributed by atoms with Crippen molar-refractivity contribution in [2.24, 2.45) is 5.92 Å². The lowest BCUT2D eigenvalue weighted by Crippen LogP contribution is -2.55. The van der Waals surface area contributed by atoms with Crippen LogP contribution in [0, 0.1) is 5.92 Å². The highest BCUT2D eigenvalue weighted by molar-refractivity contribution is 5.83. The molecular formula is C14H26N2O4. The van der Waals surface area contributed by atoms with Crippen LogP contribution in [0.15, 0.2) is 0 Å². The Morgan fingerprint density at radius 1 is 1.40 bits per heavy atom. The molecule has 0 radical (unpaired) electrons. The summed E-state index contributed by atoms with van der Waals surface area (Å²) in [5, 5.41) is 20.8.